The van der Waals surface area contributed by atoms with E-state index in [1.54, 1.807) is 0 Å². The highest BCUT2D eigenvalue weighted by Gasteiger charge is 2.30. The lowest BCUT2D eigenvalue weighted by Crippen LogP contribution is -2.30. The lowest BCUT2D eigenvalue weighted by molar-refractivity contribution is -0.161. The molecule has 0 aliphatic rings. The summed E-state index contributed by atoms with van der Waals surface area (Å²) in [6, 6.07) is 0. The van der Waals surface area contributed by atoms with Crippen molar-refractivity contribution in [1.29, 1.82) is 0 Å². The number of aliphatic hydroxyl groups excluding tert-OH is 1. The summed E-state index contributed by atoms with van der Waals surface area (Å²) in [4.78, 5) is 72.8. The molecule has 95 heavy (non-hydrogen) atoms. The molecule has 0 aromatic rings. The van der Waals surface area contributed by atoms with Gasteiger partial charge in [-0.3, -0.25) is 37.3 Å². The number of phosphoric ester groups is 2. The summed E-state index contributed by atoms with van der Waals surface area (Å²) in [5, 5.41) is 10.6. The Labute approximate surface area is 581 Å². The third-order valence-electron chi connectivity index (χ3n) is 17.8. The minimum Gasteiger partial charge on any atom is -0.462 e. The fourth-order valence-corrected chi connectivity index (χ4v) is 13.3. The number of carbonyl (C=O) groups excluding carboxylic acids is 4. The van der Waals surface area contributed by atoms with Crippen molar-refractivity contribution in [3.8, 4) is 0 Å². The minimum absolute atomic E-state index is 0.108. The van der Waals surface area contributed by atoms with Gasteiger partial charge in [-0.05, 0) is 31.6 Å². The third-order valence-corrected chi connectivity index (χ3v) is 19.7. The van der Waals surface area contributed by atoms with E-state index in [1.165, 1.54) is 225 Å². The van der Waals surface area contributed by atoms with Crippen LogP contribution in [-0.4, -0.2) is 96.7 Å². The first-order valence-electron chi connectivity index (χ1n) is 39.6. The zero-order valence-electron chi connectivity index (χ0n) is 61.8. The van der Waals surface area contributed by atoms with Crippen LogP contribution in [0, 0.1) is 5.92 Å². The van der Waals surface area contributed by atoms with Crippen molar-refractivity contribution < 1.29 is 80.2 Å². The van der Waals surface area contributed by atoms with Crippen molar-refractivity contribution in [3.05, 3.63) is 0 Å². The van der Waals surface area contributed by atoms with Gasteiger partial charge in [0.15, 0.2) is 12.2 Å². The number of esters is 4. The summed E-state index contributed by atoms with van der Waals surface area (Å²) in [7, 11) is -9.91. The molecule has 0 spiro atoms. The summed E-state index contributed by atoms with van der Waals surface area (Å²) in [5.74, 6) is -1.31. The summed E-state index contributed by atoms with van der Waals surface area (Å²) >= 11 is 0. The van der Waals surface area contributed by atoms with Gasteiger partial charge in [0.05, 0.1) is 26.4 Å². The normalized spacial score (nSPS) is 13.9. The van der Waals surface area contributed by atoms with E-state index >= 15 is 0 Å². The molecule has 0 heterocycles. The quantitative estimate of drug-likeness (QED) is 0.0222. The highest BCUT2D eigenvalue weighted by atomic mass is 31.2. The van der Waals surface area contributed by atoms with E-state index in [9.17, 15) is 43.2 Å². The van der Waals surface area contributed by atoms with E-state index in [1.807, 2.05) is 0 Å². The Hall–Kier alpha value is -1.94. The fraction of sp³-hybridized carbons (Fsp3) is 0.947. The van der Waals surface area contributed by atoms with Gasteiger partial charge in [0.2, 0.25) is 0 Å². The first-order chi connectivity index (χ1) is 46.0. The lowest BCUT2D eigenvalue weighted by Gasteiger charge is -2.21. The summed E-state index contributed by atoms with van der Waals surface area (Å²) in [6.07, 6.45) is 58.0. The summed E-state index contributed by atoms with van der Waals surface area (Å²) in [6.45, 7) is 7.33. The predicted octanol–water partition coefficient (Wildman–Crippen LogP) is 22.5. The van der Waals surface area contributed by atoms with Crippen LogP contribution >= 0.6 is 15.6 Å². The Morgan fingerprint density at radius 1 is 0.284 bits per heavy atom. The number of aliphatic hydroxyl groups is 1. The molecule has 2 unspecified atom stereocenters. The highest BCUT2D eigenvalue weighted by Crippen LogP contribution is 2.45. The first kappa shape index (κ1) is 93.1. The summed E-state index contributed by atoms with van der Waals surface area (Å²) in [5.41, 5.74) is 0. The molecule has 0 rings (SSSR count). The van der Waals surface area contributed by atoms with Gasteiger partial charge in [-0.1, -0.05) is 349 Å². The number of ether oxygens (including phenoxy) is 4. The second-order valence-electron chi connectivity index (χ2n) is 27.9. The van der Waals surface area contributed by atoms with E-state index in [0.717, 1.165) is 95.8 Å². The van der Waals surface area contributed by atoms with Crippen molar-refractivity contribution in [3.63, 3.8) is 0 Å². The molecule has 0 aliphatic carbocycles. The highest BCUT2D eigenvalue weighted by molar-refractivity contribution is 7.47. The van der Waals surface area contributed by atoms with E-state index < -0.39 is 97.5 Å². The number of carbonyl (C=O) groups is 4. The van der Waals surface area contributed by atoms with Crippen molar-refractivity contribution in [2.45, 2.75) is 419 Å². The molecular formula is C76H148O17P2. The van der Waals surface area contributed by atoms with Gasteiger partial charge < -0.3 is 33.8 Å². The molecule has 19 heteroatoms. The Kier molecular flexibility index (Phi) is 67.7. The van der Waals surface area contributed by atoms with E-state index in [2.05, 4.69) is 34.6 Å². The van der Waals surface area contributed by atoms with Crippen LogP contribution in [0.4, 0.5) is 0 Å². The average molecular weight is 1400 g/mol. The smallest absolute Gasteiger partial charge is 0.462 e. The molecule has 564 valence electrons. The van der Waals surface area contributed by atoms with Crippen molar-refractivity contribution in [2.75, 3.05) is 39.6 Å². The molecule has 0 aromatic heterocycles. The molecule has 0 radical (unpaired) electrons. The third kappa shape index (κ3) is 70.3. The topological polar surface area (TPSA) is 237 Å². The molecule has 0 saturated heterocycles. The Morgan fingerprint density at radius 3 is 0.716 bits per heavy atom. The van der Waals surface area contributed by atoms with Gasteiger partial charge in [0.25, 0.3) is 0 Å². The van der Waals surface area contributed by atoms with Crippen LogP contribution in [0.2, 0.25) is 0 Å². The average Bonchev–Trinajstić information content (AvgIpc) is 1.46. The van der Waals surface area contributed by atoms with Gasteiger partial charge in [0, 0.05) is 25.7 Å². The maximum atomic E-state index is 13.1. The molecule has 5 atom stereocenters. The molecule has 17 nitrogen and oxygen atoms in total. The predicted molar refractivity (Wildman–Crippen MR) is 386 cm³/mol. The summed E-state index contributed by atoms with van der Waals surface area (Å²) < 4.78 is 68.5. The van der Waals surface area contributed by atoms with Crippen LogP contribution in [-0.2, 0) is 65.4 Å². The standard InChI is InChI=1S/C76H148O17P2/c1-6-9-12-15-18-21-24-30-36-40-45-50-55-60-74(79)87-66-72(93-76(81)62-57-52-47-42-37-32-29-27-28-31-33-38-43-48-53-58-69(4)5)68-91-95(84,85)89-64-70(77)63-88-94(82,83)90-67-71(92-75(80)61-56-51-46-41-35-26-23-20-17-14-11-8-3)65-86-73(78)59-54-49-44-39-34-25-22-19-16-13-10-7-2/h69-72,77H,6-68H2,1-5H3,(H,82,83)(H,84,85)/t70-,71+,72+/m0/s1. The maximum absolute atomic E-state index is 13.1. The fourth-order valence-electron chi connectivity index (χ4n) is 11.7. The van der Waals surface area contributed by atoms with Crippen LogP contribution in [0.1, 0.15) is 401 Å². The molecule has 0 aromatic carbocycles. The van der Waals surface area contributed by atoms with Gasteiger partial charge in [-0.25, -0.2) is 9.13 Å². The minimum atomic E-state index is -4.96. The molecule has 0 amide bonds. The molecule has 0 saturated carbocycles. The molecule has 0 bridgehead atoms. The molecule has 0 aliphatic heterocycles. The van der Waals surface area contributed by atoms with Crippen LogP contribution in [0.15, 0.2) is 0 Å². The monoisotopic (exact) mass is 1400 g/mol. The van der Waals surface area contributed by atoms with Gasteiger partial charge in [-0.15, -0.1) is 0 Å². The number of rotatable bonds is 76. The van der Waals surface area contributed by atoms with E-state index in [4.69, 9.17) is 37.0 Å². The van der Waals surface area contributed by atoms with Crippen molar-refractivity contribution in [2.24, 2.45) is 5.92 Å². The van der Waals surface area contributed by atoms with E-state index in [0.29, 0.717) is 25.7 Å². The van der Waals surface area contributed by atoms with Crippen LogP contribution in [0.5, 0.6) is 0 Å². The van der Waals surface area contributed by atoms with Crippen LogP contribution in [0.25, 0.3) is 0 Å². The lowest BCUT2D eigenvalue weighted by atomic mass is 10.0. The molecule has 0 fully saturated rings. The second-order valence-corrected chi connectivity index (χ2v) is 30.8. The number of hydrogen-bond acceptors (Lipinski definition) is 15. The molecular weight excluding hydrogens is 1250 g/mol. The van der Waals surface area contributed by atoms with Crippen molar-refractivity contribution in [1.82, 2.24) is 0 Å². The van der Waals surface area contributed by atoms with Crippen LogP contribution < -0.4 is 0 Å². The van der Waals surface area contributed by atoms with Gasteiger partial charge in [-0.2, -0.15) is 0 Å². The number of phosphoric acid groups is 2. The van der Waals surface area contributed by atoms with Crippen molar-refractivity contribution >= 4 is 39.5 Å². The Morgan fingerprint density at radius 2 is 0.484 bits per heavy atom. The zero-order chi connectivity index (χ0) is 69.8. The second kappa shape index (κ2) is 69.2. The van der Waals surface area contributed by atoms with Crippen LogP contribution in [0.3, 0.4) is 0 Å². The Bertz CT molecular complexity index is 1820. The first-order valence-corrected chi connectivity index (χ1v) is 42.6. The Balaban J connectivity index is 5.24. The number of hydrogen-bond donors (Lipinski definition) is 3. The zero-order valence-corrected chi connectivity index (χ0v) is 63.6. The SMILES string of the molecule is CCCCCCCCCCCCCCCC(=O)OC[C@H](COP(=O)(O)OC[C@@H](O)COP(=O)(O)OC[C@@H](COC(=O)CCCCCCCCCCCCCC)OC(=O)CCCCCCCCCCCCCC)OC(=O)CCCCCCCCCCCCCCCCCC(C)C. The van der Waals surface area contributed by atoms with Gasteiger partial charge >= 0.3 is 39.5 Å². The van der Waals surface area contributed by atoms with Gasteiger partial charge in [0.1, 0.15) is 19.3 Å². The molecule has 3 N–H and O–H groups in total. The number of unbranched alkanes of at least 4 members (excludes halogenated alkanes) is 48. The maximum Gasteiger partial charge on any atom is 0.472 e. The largest absolute Gasteiger partial charge is 0.472 e. The van der Waals surface area contributed by atoms with E-state index in [-0.39, 0.29) is 25.7 Å².